The Balaban J connectivity index is 1.69. The molecular formula is C13H18N4O3. The average molecular weight is 278 g/mol. The Morgan fingerprint density at radius 1 is 1.35 bits per heavy atom. The topological polar surface area (TPSA) is 107 Å². The van der Waals surface area contributed by atoms with E-state index < -0.39 is 11.5 Å². The van der Waals surface area contributed by atoms with Crippen molar-refractivity contribution in [3.63, 3.8) is 0 Å². The minimum Gasteiger partial charge on any atom is -0.477 e. The van der Waals surface area contributed by atoms with Gasteiger partial charge in [0.05, 0.1) is 11.7 Å². The molecule has 0 aliphatic heterocycles. The van der Waals surface area contributed by atoms with E-state index in [2.05, 4.69) is 20.6 Å². The van der Waals surface area contributed by atoms with Gasteiger partial charge in [-0.15, -0.1) is 0 Å². The van der Waals surface area contributed by atoms with E-state index in [1.165, 1.54) is 6.20 Å². The molecule has 2 saturated carbocycles. The molecule has 0 aromatic carbocycles. The normalized spacial score (nSPS) is 20.6. The summed E-state index contributed by atoms with van der Waals surface area (Å²) in [5, 5.41) is 14.8. The van der Waals surface area contributed by atoms with Gasteiger partial charge in [-0.1, -0.05) is 0 Å². The molecule has 0 saturated heterocycles. The lowest BCUT2D eigenvalue weighted by molar-refractivity contribution is 0.0690. The van der Waals surface area contributed by atoms with Crippen LogP contribution in [0.3, 0.4) is 0 Å². The number of carbonyl (C=O) groups excluding carboxylic acids is 1. The van der Waals surface area contributed by atoms with Crippen LogP contribution in [0.15, 0.2) is 6.20 Å². The number of urea groups is 1. The van der Waals surface area contributed by atoms with E-state index >= 15 is 0 Å². The fourth-order valence-electron chi connectivity index (χ4n) is 2.62. The first-order valence-electron chi connectivity index (χ1n) is 6.96. The number of aromatic amines is 1. The van der Waals surface area contributed by atoms with Gasteiger partial charge in [0.25, 0.3) is 0 Å². The van der Waals surface area contributed by atoms with Crippen LogP contribution in [-0.2, 0) is 5.54 Å². The van der Waals surface area contributed by atoms with E-state index in [4.69, 9.17) is 5.11 Å². The molecule has 0 atom stereocenters. The second-order valence-electron chi connectivity index (χ2n) is 5.61. The molecule has 1 aromatic rings. The van der Waals surface area contributed by atoms with E-state index in [1.807, 2.05) is 0 Å². The van der Waals surface area contributed by atoms with Crippen molar-refractivity contribution in [2.45, 2.75) is 50.1 Å². The van der Waals surface area contributed by atoms with Crippen LogP contribution in [0, 0.1) is 0 Å². The molecular weight excluding hydrogens is 260 g/mol. The molecule has 2 fully saturated rings. The molecule has 2 amide bonds. The van der Waals surface area contributed by atoms with Crippen molar-refractivity contribution in [3.05, 3.63) is 17.7 Å². The maximum Gasteiger partial charge on any atom is 0.353 e. The quantitative estimate of drug-likeness (QED) is 0.666. The highest BCUT2D eigenvalue weighted by atomic mass is 16.4. The summed E-state index contributed by atoms with van der Waals surface area (Å²) in [5.41, 5.74) is -0.492. The highest BCUT2D eigenvalue weighted by Gasteiger charge is 2.43. The summed E-state index contributed by atoms with van der Waals surface area (Å²) in [4.78, 5) is 29.8. The fraction of sp³-hybridized carbons (Fsp3) is 0.615. The number of imidazole rings is 1. The number of rotatable bonds is 4. The number of aromatic carboxylic acids is 1. The monoisotopic (exact) mass is 278 g/mol. The van der Waals surface area contributed by atoms with Crippen LogP contribution in [0.4, 0.5) is 4.79 Å². The molecule has 4 N–H and O–H groups in total. The Bertz CT molecular complexity index is 531. The number of aromatic nitrogens is 2. The zero-order chi connectivity index (χ0) is 14.2. The molecule has 0 spiro atoms. The number of carboxylic acids is 1. The third kappa shape index (κ3) is 2.23. The number of H-pyrrole nitrogens is 1. The van der Waals surface area contributed by atoms with E-state index in [0.29, 0.717) is 5.82 Å². The second-order valence-corrected chi connectivity index (χ2v) is 5.61. The van der Waals surface area contributed by atoms with Crippen LogP contribution in [-0.4, -0.2) is 33.1 Å². The number of nitrogens with zero attached hydrogens (tertiary/aromatic N) is 1. The molecule has 1 aromatic heterocycles. The summed E-state index contributed by atoms with van der Waals surface area (Å²) in [6, 6.07) is 0.0842. The number of carboxylic acid groups (broad SMARTS) is 1. The minimum atomic E-state index is -1.04. The Morgan fingerprint density at radius 3 is 2.55 bits per heavy atom. The van der Waals surface area contributed by atoms with E-state index in [-0.39, 0.29) is 17.8 Å². The number of carbonyl (C=O) groups is 2. The van der Waals surface area contributed by atoms with Crippen LogP contribution in [0.25, 0.3) is 0 Å². The van der Waals surface area contributed by atoms with Gasteiger partial charge in [0.15, 0.2) is 0 Å². The summed E-state index contributed by atoms with van der Waals surface area (Å²) in [5.74, 6) is -0.512. The fourth-order valence-corrected chi connectivity index (χ4v) is 2.62. The predicted octanol–water partition coefficient (Wildman–Crippen LogP) is 1.34. The molecule has 2 aliphatic carbocycles. The molecule has 0 radical (unpaired) electrons. The largest absolute Gasteiger partial charge is 0.477 e. The Morgan fingerprint density at radius 2 is 2.10 bits per heavy atom. The maximum atomic E-state index is 12.0. The van der Waals surface area contributed by atoms with Crippen molar-refractivity contribution >= 4 is 12.0 Å². The third-order valence-corrected chi connectivity index (χ3v) is 4.26. The van der Waals surface area contributed by atoms with Crippen LogP contribution in [0.5, 0.6) is 0 Å². The van der Waals surface area contributed by atoms with Gasteiger partial charge in [0.1, 0.15) is 11.5 Å². The van der Waals surface area contributed by atoms with Gasteiger partial charge in [-0.25, -0.2) is 14.6 Å². The zero-order valence-corrected chi connectivity index (χ0v) is 11.1. The van der Waals surface area contributed by atoms with Crippen molar-refractivity contribution in [1.82, 2.24) is 20.6 Å². The lowest BCUT2D eigenvalue weighted by Gasteiger charge is -2.41. The van der Waals surface area contributed by atoms with Crippen molar-refractivity contribution in [2.24, 2.45) is 0 Å². The molecule has 3 rings (SSSR count). The van der Waals surface area contributed by atoms with Crippen molar-refractivity contribution < 1.29 is 14.7 Å². The molecule has 1 heterocycles. The van der Waals surface area contributed by atoms with Gasteiger partial charge >= 0.3 is 12.0 Å². The molecule has 0 bridgehead atoms. The van der Waals surface area contributed by atoms with Gasteiger partial charge in [0.2, 0.25) is 0 Å². The van der Waals surface area contributed by atoms with Gasteiger partial charge in [-0.3, -0.25) is 0 Å². The Labute approximate surface area is 116 Å². The van der Waals surface area contributed by atoms with Crippen LogP contribution >= 0.6 is 0 Å². The van der Waals surface area contributed by atoms with Gasteiger partial charge in [0, 0.05) is 6.04 Å². The molecule has 108 valence electrons. The highest BCUT2D eigenvalue weighted by molar-refractivity contribution is 5.85. The molecule has 0 unspecified atom stereocenters. The summed E-state index contributed by atoms with van der Waals surface area (Å²) in [7, 11) is 0. The Kier molecular flexibility index (Phi) is 3.11. The SMILES string of the molecule is O=C(NC1CCC1)NC1(c2ncc(C(=O)O)[nH]2)CCC1. The zero-order valence-electron chi connectivity index (χ0n) is 11.1. The van der Waals surface area contributed by atoms with Crippen molar-refractivity contribution in [1.29, 1.82) is 0 Å². The van der Waals surface area contributed by atoms with E-state index in [0.717, 1.165) is 38.5 Å². The summed E-state index contributed by atoms with van der Waals surface area (Å²) in [6.45, 7) is 0. The van der Waals surface area contributed by atoms with E-state index in [9.17, 15) is 9.59 Å². The van der Waals surface area contributed by atoms with Crippen molar-refractivity contribution in [2.75, 3.05) is 0 Å². The molecule has 2 aliphatic rings. The van der Waals surface area contributed by atoms with Gasteiger partial charge in [-0.2, -0.15) is 0 Å². The summed E-state index contributed by atoms with van der Waals surface area (Å²) >= 11 is 0. The highest BCUT2D eigenvalue weighted by Crippen LogP contribution is 2.39. The second kappa shape index (κ2) is 4.81. The van der Waals surface area contributed by atoms with Gasteiger partial charge in [-0.05, 0) is 38.5 Å². The number of hydrogen-bond acceptors (Lipinski definition) is 3. The minimum absolute atomic E-state index is 0.0486. The maximum absolute atomic E-state index is 12.0. The third-order valence-electron chi connectivity index (χ3n) is 4.26. The van der Waals surface area contributed by atoms with E-state index in [1.54, 1.807) is 0 Å². The van der Waals surface area contributed by atoms with Crippen LogP contribution in [0.1, 0.15) is 54.8 Å². The lowest BCUT2D eigenvalue weighted by atomic mass is 9.76. The average Bonchev–Trinajstić information content (AvgIpc) is 2.78. The van der Waals surface area contributed by atoms with Gasteiger partial charge < -0.3 is 20.7 Å². The van der Waals surface area contributed by atoms with Crippen molar-refractivity contribution in [3.8, 4) is 0 Å². The lowest BCUT2D eigenvalue weighted by Crippen LogP contribution is -2.56. The first kappa shape index (κ1) is 13.0. The first-order chi connectivity index (χ1) is 9.59. The Hall–Kier alpha value is -2.05. The van der Waals surface area contributed by atoms with Crippen LogP contribution in [0.2, 0.25) is 0 Å². The number of amides is 2. The molecule has 7 heteroatoms. The number of nitrogens with one attached hydrogen (secondary N) is 3. The molecule has 7 nitrogen and oxygen atoms in total. The standard InChI is InChI=1S/C13H18N4O3/c18-10(19)9-7-14-11(16-9)13(5-2-6-13)17-12(20)15-8-3-1-4-8/h7-8H,1-6H2,(H,14,16)(H,18,19)(H2,15,17,20). The predicted molar refractivity (Wildman–Crippen MR) is 70.4 cm³/mol. The molecule has 20 heavy (non-hydrogen) atoms. The summed E-state index contributed by atoms with van der Waals surface area (Å²) < 4.78 is 0. The summed E-state index contributed by atoms with van der Waals surface area (Å²) in [6.07, 6.45) is 7.07. The first-order valence-corrected chi connectivity index (χ1v) is 6.96. The van der Waals surface area contributed by atoms with Crippen LogP contribution < -0.4 is 10.6 Å². The smallest absolute Gasteiger partial charge is 0.353 e. The number of hydrogen-bond donors (Lipinski definition) is 4.